The summed E-state index contributed by atoms with van der Waals surface area (Å²) in [5.74, 6) is -2.36. The van der Waals surface area contributed by atoms with Crippen LogP contribution < -0.4 is 5.32 Å². The summed E-state index contributed by atoms with van der Waals surface area (Å²) in [7, 11) is -3.45. The monoisotopic (exact) mass is 273 g/mol. The van der Waals surface area contributed by atoms with E-state index < -0.39 is 39.5 Å². The van der Waals surface area contributed by atoms with Crippen LogP contribution in [0.1, 0.15) is 11.6 Å². The smallest absolute Gasteiger partial charge is 0.321 e. The highest BCUT2D eigenvalue weighted by molar-refractivity contribution is 7.91. The van der Waals surface area contributed by atoms with Crippen molar-refractivity contribution in [1.82, 2.24) is 5.32 Å². The summed E-state index contributed by atoms with van der Waals surface area (Å²) in [5.41, 5.74) is 0.435. The van der Waals surface area contributed by atoms with Crippen LogP contribution in [0.3, 0.4) is 0 Å². The number of carboxylic acids is 1. The molecule has 7 heteroatoms. The lowest BCUT2D eigenvalue weighted by Gasteiger charge is -2.28. The van der Waals surface area contributed by atoms with E-state index in [1.54, 1.807) is 6.07 Å². The summed E-state index contributed by atoms with van der Waals surface area (Å²) in [5, 5.41) is 11.6. The Morgan fingerprint density at radius 1 is 1.39 bits per heavy atom. The fourth-order valence-corrected chi connectivity index (χ4v) is 3.65. The van der Waals surface area contributed by atoms with E-state index in [-0.39, 0.29) is 5.75 Å². The van der Waals surface area contributed by atoms with Crippen LogP contribution in [-0.4, -0.2) is 37.0 Å². The Bertz CT molecular complexity index is 572. The second-order valence-electron chi connectivity index (χ2n) is 4.24. The molecule has 1 aliphatic rings. The fourth-order valence-electron chi connectivity index (χ4n) is 1.97. The molecule has 2 rings (SSSR count). The molecule has 0 bridgehead atoms. The average molecular weight is 273 g/mol. The van der Waals surface area contributed by atoms with Gasteiger partial charge in [-0.15, -0.1) is 0 Å². The molecule has 1 aromatic rings. The van der Waals surface area contributed by atoms with E-state index in [4.69, 9.17) is 5.11 Å². The minimum absolute atomic E-state index is 0.222. The van der Waals surface area contributed by atoms with Crippen molar-refractivity contribution in [3.8, 4) is 0 Å². The molecule has 1 fully saturated rings. The molecule has 18 heavy (non-hydrogen) atoms. The molecular weight excluding hydrogens is 261 g/mol. The standard InChI is InChI=1S/C11H12FNO4S/c12-8-3-1-2-7(4-8)9-5-18(16,17)6-10(13-9)11(14)15/h1-4,9-10,13H,5-6H2,(H,14,15). The first-order chi connectivity index (χ1) is 8.37. The highest BCUT2D eigenvalue weighted by Crippen LogP contribution is 2.21. The zero-order valence-electron chi connectivity index (χ0n) is 9.34. The summed E-state index contributed by atoms with van der Waals surface area (Å²) in [6, 6.07) is 3.63. The predicted molar refractivity (Wildman–Crippen MR) is 62.4 cm³/mol. The van der Waals surface area contributed by atoms with Gasteiger partial charge in [-0.05, 0) is 17.7 Å². The molecule has 1 saturated heterocycles. The molecule has 0 amide bonds. The summed E-state index contributed by atoms with van der Waals surface area (Å²) in [6.45, 7) is 0. The van der Waals surface area contributed by atoms with E-state index in [1.807, 2.05) is 0 Å². The largest absolute Gasteiger partial charge is 0.480 e. The zero-order valence-corrected chi connectivity index (χ0v) is 10.2. The van der Waals surface area contributed by atoms with Gasteiger partial charge in [-0.2, -0.15) is 0 Å². The first-order valence-electron chi connectivity index (χ1n) is 5.32. The van der Waals surface area contributed by atoms with Gasteiger partial charge in [0.15, 0.2) is 9.84 Å². The highest BCUT2D eigenvalue weighted by atomic mass is 32.2. The van der Waals surface area contributed by atoms with Crippen molar-refractivity contribution < 1.29 is 22.7 Å². The van der Waals surface area contributed by atoms with Crippen molar-refractivity contribution in [2.45, 2.75) is 12.1 Å². The molecule has 2 unspecified atom stereocenters. The van der Waals surface area contributed by atoms with Gasteiger partial charge in [0.2, 0.25) is 0 Å². The molecule has 0 aromatic heterocycles. The lowest BCUT2D eigenvalue weighted by Crippen LogP contribution is -2.51. The van der Waals surface area contributed by atoms with E-state index in [2.05, 4.69) is 5.32 Å². The molecule has 98 valence electrons. The first kappa shape index (κ1) is 13.0. The highest BCUT2D eigenvalue weighted by Gasteiger charge is 2.35. The second-order valence-corrected chi connectivity index (χ2v) is 6.40. The Balaban J connectivity index is 2.30. The van der Waals surface area contributed by atoms with Gasteiger partial charge in [-0.1, -0.05) is 12.1 Å². The van der Waals surface area contributed by atoms with Crippen molar-refractivity contribution in [2.75, 3.05) is 11.5 Å². The molecular formula is C11H12FNO4S. The van der Waals surface area contributed by atoms with Gasteiger partial charge in [0, 0.05) is 6.04 Å². The van der Waals surface area contributed by atoms with Crippen molar-refractivity contribution in [1.29, 1.82) is 0 Å². The van der Waals surface area contributed by atoms with E-state index in [0.717, 1.165) is 0 Å². The molecule has 0 spiro atoms. The van der Waals surface area contributed by atoms with Crippen LogP contribution >= 0.6 is 0 Å². The van der Waals surface area contributed by atoms with E-state index in [0.29, 0.717) is 5.56 Å². The maximum Gasteiger partial charge on any atom is 0.321 e. The molecule has 1 heterocycles. The van der Waals surface area contributed by atoms with E-state index >= 15 is 0 Å². The maximum absolute atomic E-state index is 13.1. The van der Waals surface area contributed by atoms with Crippen molar-refractivity contribution >= 4 is 15.8 Å². The van der Waals surface area contributed by atoms with Crippen LogP contribution in [0.15, 0.2) is 24.3 Å². The molecule has 0 radical (unpaired) electrons. The first-order valence-corrected chi connectivity index (χ1v) is 7.14. The average Bonchev–Trinajstić information content (AvgIpc) is 2.26. The molecule has 0 aliphatic carbocycles. The molecule has 0 saturated carbocycles. The van der Waals surface area contributed by atoms with Crippen molar-refractivity contribution in [3.63, 3.8) is 0 Å². The third-order valence-electron chi connectivity index (χ3n) is 2.79. The van der Waals surface area contributed by atoms with E-state index in [9.17, 15) is 17.6 Å². The Hall–Kier alpha value is -1.47. The molecule has 1 aromatic carbocycles. The number of aliphatic carboxylic acids is 1. The van der Waals surface area contributed by atoms with Gasteiger partial charge in [-0.25, -0.2) is 12.8 Å². The van der Waals surface area contributed by atoms with Crippen molar-refractivity contribution in [2.24, 2.45) is 0 Å². The number of halogens is 1. The number of carboxylic acid groups (broad SMARTS) is 1. The number of hydrogen-bond donors (Lipinski definition) is 2. The van der Waals surface area contributed by atoms with E-state index in [1.165, 1.54) is 18.2 Å². The molecule has 5 nitrogen and oxygen atoms in total. The fraction of sp³-hybridized carbons (Fsp3) is 0.364. The third kappa shape index (κ3) is 2.85. The Kier molecular flexibility index (Phi) is 3.36. The van der Waals surface area contributed by atoms with Crippen LogP contribution in [-0.2, 0) is 14.6 Å². The number of benzene rings is 1. The van der Waals surface area contributed by atoms with Gasteiger partial charge >= 0.3 is 5.97 Å². The number of carbonyl (C=O) groups is 1. The molecule has 2 atom stereocenters. The zero-order chi connectivity index (χ0) is 13.3. The Morgan fingerprint density at radius 3 is 2.72 bits per heavy atom. The Labute approximate surface area is 104 Å². The summed E-state index contributed by atoms with van der Waals surface area (Å²) in [4.78, 5) is 10.9. The number of sulfone groups is 1. The summed E-state index contributed by atoms with van der Waals surface area (Å²) >= 11 is 0. The van der Waals surface area contributed by atoms with Crippen LogP contribution in [0.4, 0.5) is 4.39 Å². The Morgan fingerprint density at radius 2 is 2.11 bits per heavy atom. The number of rotatable bonds is 2. The van der Waals surface area contributed by atoms with Crippen LogP contribution in [0.25, 0.3) is 0 Å². The van der Waals surface area contributed by atoms with Gasteiger partial charge in [0.25, 0.3) is 0 Å². The normalized spacial score (nSPS) is 26.7. The van der Waals surface area contributed by atoms with Gasteiger partial charge in [-0.3, -0.25) is 10.1 Å². The minimum Gasteiger partial charge on any atom is -0.480 e. The maximum atomic E-state index is 13.1. The molecule has 2 N–H and O–H groups in total. The van der Waals surface area contributed by atoms with Gasteiger partial charge in [0.05, 0.1) is 11.5 Å². The summed E-state index contributed by atoms with van der Waals surface area (Å²) < 4.78 is 36.4. The summed E-state index contributed by atoms with van der Waals surface area (Å²) in [6.07, 6.45) is 0. The van der Waals surface area contributed by atoms with Crippen LogP contribution in [0.5, 0.6) is 0 Å². The van der Waals surface area contributed by atoms with Gasteiger partial charge in [0.1, 0.15) is 11.9 Å². The van der Waals surface area contributed by atoms with Crippen molar-refractivity contribution in [3.05, 3.63) is 35.6 Å². The quantitative estimate of drug-likeness (QED) is 0.811. The number of hydrogen-bond acceptors (Lipinski definition) is 4. The SMILES string of the molecule is O=C(O)C1CS(=O)(=O)CC(c2cccc(F)c2)N1. The topological polar surface area (TPSA) is 83.5 Å². The lowest BCUT2D eigenvalue weighted by atomic mass is 10.1. The van der Waals surface area contributed by atoms with Gasteiger partial charge < -0.3 is 5.11 Å². The molecule has 1 aliphatic heterocycles. The minimum atomic E-state index is -3.45. The third-order valence-corrected chi connectivity index (χ3v) is 4.48. The predicted octanol–water partition coefficient (Wildman–Crippen LogP) is 0.338. The van der Waals surface area contributed by atoms with Crippen LogP contribution in [0, 0.1) is 5.82 Å². The number of nitrogens with one attached hydrogen (secondary N) is 1. The second kappa shape index (κ2) is 4.66. The van der Waals surface area contributed by atoms with Crippen LogP contribution in [0.2, 0.25) is 0 Å². The lowest BCUT2D eigenvalue weighted by molar-refractivity contribution is -0.139.